The third-order valence-corrected chi connectivity index (χ3v) is 4.44. The smallest absolute Gasteiger partial charge is 0.256 e. The topological polar surface area (TPSA) is 40.5 Å². The number of rotatable bonds is 3. The van der Waals surface area contributed by atoms with Gasteiger partial charge in [0.15, 0.2) is 6.10 Å². The van der Waals surface area contributed by atoms with Crippen molar-refractivity contribution in [3.8, 4) is 0 Å². The minimum atomic E-state index is -1.05. The molecule has 1 aliphatic heterocycles. The number of hydrogen-bond donors (Lipinski definition) is 1. The Morgan fingerprint density at radius 2 is 2.05 bits per heavy atom. The van der Waals surface area contributed by atoms with Crippen molar-refractivity contribution in [2.75, 3.05) is 6.54 Å². The van der Waals surface area contributed by atoms with Crippen molar-refractivity contribution in [2.24, 2.45) is 5.92 Å². The normalized spacial score (nSPS) is 26.0. The van der Waals surface area contributed by atoms with E-state index < -0.39 is 6.10 Å². The fourth-order valence-electron chi connectivity index (χ4n) is 3.33. The summed E-state index contributed by atoms with van der Waals surface area (Å²) in [5.74, 6) is 0.219. The molecule has 0 radical (unpaired) electrons. The number of allylic oxidation sites excluding steroid dienone is 3. The Hall–Kier alpha value is -1.87. The lowest BCUT2D eigenvalue weighted by atomic mass is 9.91. The Morgan fingerprint density at radius 3 is 2.76 bits per heavy atom. The van der Waals surface area contributed by atoms with Crippen molar-refractivity contribution in [1.82, 2.24) is 4.90 Å². The van der Waals surface area contributed by atoms with E-state index in [0.29, 0.717) is 11.5 Å². The molecular weight excluding hydrogens is 262 g/mol. The van der Waals surface area contributed by atoms with Crippen LogP contribution in [0.3, 0.4) is 0 Å². The first-order valence-electron chi connectivity index (χ1n) is 7.64. The maximum atomic E-state index is 12.6. The van der Waals surface area contributed by atoms with Gasteiger partial charge in [-0.2, -0.15) is 0 Å². The Kier molecular flexibility index (Phi) is 4.20. The predicted octanol–water partition coefficient (Wildman–Crippen LogP) is 2.84. The third kappa shape index (κ3) is 2.93. The van der Waals surface area contributed by atoms with Gasteiger partial charge in [0.25, 0.3) is 5.91 Å². The maximum Gasteiger partial charge on any atom is 0.256 e. The molecule has 0 aromatic heterocycles. The summed E-state index contributed by atoms with van der Waals surface area (Å²) in [6, 6.07) is 9.41. The molecule has 1 saturated heterocycles. The quantitative estimate of drug-likeness (QED) is 0.926. The van der Waals surface area contributed by atoms with Crippen LogP contribution in [0, 0.1) is 5.92 Å². The molecule has 1 heterocycles. The van der Waals surface area contributed by atoms with E-state index in [0.717, 1.165) is 25.8 Å². The van der Waals surface area contributed by atoms with Crippen LogP contribution in [0.4, 0.5) is 0 Å². The van der Waals surface area contributed by atoms with E-state index in [1.165, 1.54) is 0 Å². The molecule has 0 spiro atoms. The summed E-state index contributed by atoms with van der Waals surface area (Å²) in [4.78, 5) is 14.5. The molecule has 3 heteroatoms. The van der Waals surface area contributed by atoms with Gasteiger partial charge in [0.1, 0.15) is 0 Å². The minimum absolute atomic E-state index is 0.161. The van der Waals surface area contributed by atoms with Crippen LogP contribution < -0.4 is 0 Å². The van der Waals surface area contributed by atoms with E-state index in [1.807, 2.05) is 23.1 Å². The van der Waals surface area contributed by atoms with Gasteiger partial charge in [-0.15, -0.1) is 0 Å². The lowest BCUT2D eigenvalue weighted by Crippen LogP contribution is -2.42. The monoisotopic (exact) mass is 283 g/mol. The molecule has 3 atom stereocenters. The lowest BCUT2D eigenvalue weighted by molar-refractivity contribution is -0.142. The van der Waals surface area contributed by atoms with Crippen LogP contribution >= 0.6 is 0 Å². The molecule has 21 heavy (non-hydrogen) atoms. The molecular formula is C18H21NO2. The first kappa shape index (κ1) is 14.1. The minimum Gasteiger partial charge on any atom is -0.378 e. The molecule has 0 bridgehead atoms. The van der Waals surface area contributed by atoms with E-state index in [9.17, 15) is 9.90 Å². The highest BCUT2D eigenvalue weighted by atomic mass is 16.3. The predicted molar refractivity (Wildman–Crippen MR) is 82.5 cm³/mol. The number of nitrogens with zero attached hydrogens (tertiary/aromatic N) is 1. The molecule has 110 valence electrons. The number of amides is 1. The Bertz CT molecular complexity index is 550. The van der Waals surface area contributed by atoms with Crippen LogP contribution in [0.2, 0.25) is 0 Å². The lowest BCUT2D eigenvalue weighted by Gasteiger charge is -2.32. The van der Waals surface area contributed by atoms with Gasteiger partial charge in [0.2, 0.25) is 0 Å². The molecule has 3 nitrogen and oxygen atoms in total. The van der Waals surface area contributed by atoms with Gasteiger partial charge in [-0.25, -0.2) is 0 Å². The highest BCUT2D eigenvalue weighted by Gasteiger charge is 2.36. The highest BCUT2D eigenvalue weighted by Crippen LogP contribution is 2.31. The first-order chi connectivity index (χ1) is 10.3. The van der Waals surface area contributed by atoms with Crippen LogP contribution in [-0.4, -0.2) is 28.5 Å². The first-order valence-corrected chi connectivity index (χ1v) is 7.64. The van der Waals surface area contributed by atoms with Crippen molar-refractivity contribution in [2.45, 2.75) is 31.4 Å². The van der Waals surface area contributed by atoms with E-state index >= 15 is 0 Å². The number of hydrogen-bond acceptors (Lipinski definition) is 2. The van der Waals surface area contributed by atoms with Crippen LogP contribution in [0.5, 0.6) is 0 Å². The molecule has 1 amide bonds. The summed E-state index contributed by atoms with van der Waals surface area (Å²) < 4.78 is 0. The Morgan fingerprint density at radius 1 is 1.24 bits per heavy atom. The van der Waals surface area contributed by atoms with E-state index in [2.05, 4.69) is 24.3 Å². The standard InChI is InChI=1S/C18H21NO2/c20-17(15-10-5-2-6-11-15)18(21)19-13-7-12-16(19)14-8-3-1-4-9-14/h1-6,8,10-11,14,16-17,20H,7,9,12-13H2/t14?,16-,17+/m0/s1. The van der Waals surface area contributed by atoms with Gasteiger partial charge < -0.3 is 10.0 Å². The van der Waals surface area contributed by atoms with Crippen LogP contribution in [0.1, 0.15) is 30.9 Å². The molecule has 2 aliphatic rings. The number of benzene rings is 1. The van der Waals surface area contributed by atoms with Crippen molar-refractivity contribution in [3.63, 3.8) is 0 Å². The summed E-state index contributed by atoms with van der Waals surface area (Å²) in [7, 11) is 0. The fourth-order valence-corrected chi connectivity index (χ4v) is 3.33. The van der Waals surface area contributed by atoms with Crippen molar-refractivity contribution >= 4 is 5.91 Å². The van der Waals surface area contributed by atoms with Gasteiger partial charge in [-0.1, -0.05) is 54.6 Å². The zero-order valence-corrected chi connectivity index (χ0v) is 12.1. The molecule has 1 N–H and O–H groups in total. The summed E-state index contributed by atoms with van der Waals surface area (Å²) in [6.45, 7) is 0.751. The van der Waals surface area contributed by atoms with Crippen LogP contribution in [-0.2, 0) is 4.79 Å². The summed E-state index contributed by atoms with van der Waals surface area (Å²) in [5.41, 5.74) is 0.673. The molecule has 1 aromatic rings. The Labute approximate surface area is 125 Å². The number of carbonyl (C=O) groups excluding carboxylic acids is 1. The van der Waals surface area contributed by atoms with E-state index in [1.54, 1.807) is 12.1 Å². The molecule has 1 aliphatic carbocycles. The number of aliphatic hydroxyl groups excluding tert-OH is 1. The average molecular weight is 283 g/mol. The maximum absolute atomic E-state index is 12.6. The molecule has 1 aromatic carbocycles. The van der Waals surface area contributed by atoms with E-state index in [4.69, 9.17) is 0 Å². The Balaban J connectivity index is 1.74. The van der Waals surface area contributed by atoms with Gasteiger partial charge >= 0.3 is 0 Å². The second-order valence-corrected chi connectivity index (χ2v) is 5.77. The second kappa shape index (κ2) is 6.27. The van der Waals surface area contributed by atoms with Crippen LogP contribution in [0.25, 0.3) is 0 Å². The SMILES string of the molecule is O=C([C@H](O)c1ccccc1)N1CCC[C@H]1C1C=CC=CC1. The number of aliphatic hydroxyl groups is 1. The number of likely N-dealkylation sites (tertiary alicyclic amines) is 1. The largest absolute Gasteiger partial charge is 0.378 e. The van der Waals surface area contributed by atoms with Crippen molar-refractivity contribution < 1.29 is 9.90 Å². The zero-order valence-electron chi connectivity index (χ0n) is 12.1. The summed E-state index contributed by atoms with van der Waals surface area (Å²) >= 11 is 0. The number of carbonyl (C=O) groups is 1. The van der Waals surface area contributed by atoms with Gasteiger partial charge in [-0.3, -0.25) is 4.79 Å². The average Bonchev–Trinajstić information content (AvgIpc) is 3.04. The van der Waals surface area contributed by atoms with Gasteiger partial charge in [0, 0.05) is 18.5 Å². The summed E-state index contributed by atoms with van der Waals surface area (Å²) in [5, 5.41) is 10.3. The second-order valence-electron chi connectivity index (χ2n) is 5.77. The van der Waals surface area contributed by atoms with Gasteiger partial charge in [0.05, 0.1) is 0 Å². The van der Waals surface area contributed by atoms with Crippen molar-refractivity contribution in [3.05, 3.63) is 60.2 Å². The highest BCUT2D eigenvalue weighted by molar-refractivity contribution is 5.82. The fraction of sp³-hybridized carbons (Fsp3) is 0.389. The third-order valence-electron chi connectivity index (χ3n) is 4.44. The van der Waals surface area contributed by atoms with Crippen molar-refractivity contribution in [1.29, 1.82) is 0 Å². The van der Waals surface area contributed by atoms with Crippen LogP contribution in [0.15, 0.2) is 54.6 Å². The molecule has 3 rings (SSSR count). The van der Waals surface area contributed by atoms with E-state index in [-0.39, 0.29) is 11.9 Å². The molecule has 1 fully saturated rings. The van der Waals surface area contributed by atoms with Gasteiger partial charge in [-0.05, 0) is 24.8 Å². The molecule has 0 saturated carbocycles. The summed E-state index contributed by atoms with van der Waals surface area (Å²) in [6.07, 6.45) is 10.4. The molecule has 1 unspecified atom stereocenters. The zero-order chi connectivity index (χ0) is 14.7.